The lowest BCUT2D eigenvalue weighted by atomic mass is 10.2. The molecular formula is C16H11BrClNO2S. The van der Waals surface area contributed by atoms with Crippen LogP contribution in [0.2, 0.25) is 5.02 Å². The van der Waals surface area contributed by atoms with E-state index in [0.29, 0.717) is 21.3 Å². The molecule has 2 aromatic carbocycles. The van der Waals surface area contributed by atoms with Gasteiger partial charge in [-0.3, -0.25) is 4.79 Å². The average molecular weight is 397 g/mol. The highest BCUT2D eigenvalue weighted by atomic mass is 79.9. The van der Waals surface area contributed by atoms with Gasteiger partial charge in [0, 0.05) is 14.6 Å². The first-order valence-corrected chi connectivity index (χ1v) is 8.41. The van der Waals surface area contributed by atoms with E-state index in [9.17, 15) is 4.79 Å². The summed E-state index contributed by atoms with van der Waals surface area (Å²) in [5.41, 5.74) is 0.615. The zero-order valence-electron chi connectivity index (χ0n) is 11.5. The molecule has 3 rings (SSSR count). The fraction of sp³-hybridized carbons (Fsp3) is 0.0625. The first-order chi connectivity index (χ1) is 10.6. The Bertz CT molecular complexity index is 862. The smallest absolute Gasteiger partial charge is 0.267 e. The van der Waals surface area contributed by atoms with Crippen molar-refractivity contribution in [2.75, 3.05) is 12.4 Å². The van der Waals surface area contributed by atoms with Gasteiger partial charge in [-0.2, -0.15) is 0 Å². The summed E-state index contributed by atoms with van der Waals surface area (Å²) in [7, 11) is 1.56. The maximum Gasteiger partial charge on any atom is 0.267 e. The largest absolute Gasteiger partial charge is 0.495 e. The van der Waals surface area contributed by atoms with E-state index in [-0.39, 0.29) is 5.91 Å². The van der Waals surface area contributed by atoms with Crippen LogP contribution in [0.4, 0.5) is 5.69 Å². The van der Waals surface area contributed by atoms with E-state index < -0.39 is 0 Å². The fourth-order valence-corrected chi connectivity index (χ4v) is 4.08. The molecule has 0 aliphatic carbocycles. The van der Waals surface area contributed by atoms with Gasteiger partial charge in [-0.15, -0.1) is 11.3 Å². The highest BCUT2D eigenvalue weighted by Gasteiger charge is 2.18. The second-order valence-corrected chi connectivity index (χ2v) is 6.89. The summed E-state index contributed by atoms with van der Waals surface area (Å²) >= 11 is 11.1. The molecule has 0 spiro atoms. The molecule has 0 radical (unpaired) electrons. The van der Waals surface area contributed by atoms with Gasteiger partial charge in [0.25, 0.3) is 5.91 Å². The lowest BCUT2D eigenvalue weighted by Gasteiger charge is -2.08. The number of para-hydroxylation sites is 2. The molecule has 112 valence electrons. The molecule has 0 bridgehead atoms. The third kappa shape index (κ3) is 2.84. The minimum atomic E-state index is -0.244. The molecular weight excluding hydrogens is 386 g/mol. The van der Waals surface area contributed by atoms with E-state index in [0.717, 1.165) is 14.6 Å². The zero-order valence-corrected chi connectivity index (χ0v) is 14.7. The van der Waals surface area contributed by atoms with Crippen molar-refractivity contribution < 1.29 is 9.53 Å². The van der Waals surface area contributed by atoms with Crippen molar-refractivity contribution in [3.05, 3.63) is 56.8 Å². The number of carbonyl (C=O) groups excluding carboxylic acids is 1. The average Bonchev–Trinajstić information content (AvgIpc) is 2.84. The fourth-order valence-electron chi connectivity index (χ4n) is 2.11. The van der Waals surface area contributed by atoms with Crippen molar-refractivity contribution in [2.45, 2.75) is 0 Å². The Hall–Kier alpha value is -1.56. The lowest BCUT2D eigenvalue weighted by Crippen LogP contribution is -2.11. The van der Waals surface area contributed by atoms with Crippen LogP contribution in [0.1, 0.15) is 9.67 Å². The molecule has 0 atom stereocenters. The Labute approximate surface area is 145 Å². The minimum absolute atomic E-state index is 0.244. The number of ether oxygens (including phenoxy) is 1. The van der Waals surface area contributed by atoms with Crippen LogP contribution < -0.4 is 10.1 Å². The highest BCUT2D eigenvalue weighted by Crippen LogP contribution is 2.37. The minimum Gasteiger partial charge on any atom is -0.495 e. The number of halogens is 2. The maximum absolute atomic E-state index is 12.5. The number of anilines is 1. The molecule has 1 N–H and O–H groups in total. The standard InChI is InChI=1S/C16H11BrClNO2S/c1-21-12-5-3-2-4-11(12)19-16(20)15-14(18)10-7-6-9(17)8-13(10)22-15/h2-8H,1H3,(H,19,20). The van der Waals surface area contributed by atoms with Crippen molar-refractivity contribution >= 4 is 60.5 Å². The van der Waals surface area contributed by atoms with Gasteiger partial charge in [0.05, 0.1) is 17.8 Å². The van der Waals surface area contributed by atoms with Crippen molar-refractivity contribution in [2.24, 2.45) is 0 Å². The molecule has 1 aromatic heterocycles. The number of hydrogen-bond donors (Lipinski definition) is 1. The molecule has 0 saturated carbocycles. The van der Waals surface area contributed by atoms with Crippen molar-refractivity contribution in [1.82, 2.24) is 0 Å². The van der Waals surface area contributed by atoms with E-state index in [1.807, 2.05) is 30.3 Å². The Kier molecular flexibility index (Phi) is 4.38. The molecule has 0 saturated heterocycles. The number of thiophene rings is 1. The van der Waals surface area contributed by atoms with Crippen LogP contribution in [-0.4, -0.2) is 13.0 Å². The Morgan fingerprint density at radius 3 is 2.82 bits per heavy atom. The first-order valence-electron chi connectivity index (χ1n) is 6.42. The quantitative estimate of drug-likeness (QED) is 0.628. The van der Waals surface area contributed by atoms with Crippen LogP contribution in [0.3, 0.4) is 0 Å². The number of fused-ring (bicyclic) bond motifs is 1. The van der Waals surface area contributed by atoms with Gasteiger partial charge in [0.2, 0.25) is 0 Å². The molecule has 22 heavy (non-hydrogen) atoms. The number of methoxy groups -OCH3 is 1. The van der Waals surface area contributed by atoms with Gasteiger partial charge in [0.1, 0.15) is 10.6 Å². The van der Waals surface area contributed by atoms with E-state index >= 15 is 0 Å². The summed E-state index contributed by atoms with van der Waals surface area (Å²) < 4.78 is 7.15. The summed E-state index contributed by atoms with van der Waals surface area (Å²) in [4.78, 5) is 13.0. The third-order valence-electron chi connectivity index (χ3n) is 3.15. The van der Waals surface area contributed by atoms with Gasteiger partial charge in [-0.25, -0.2) is 0 Å². The summed E-state index contributed by atoms with van der Waals surface area (Å²) in [6.07, 6.45) is 0. The molecule has 6 heteroatoms. The number of nitrogens with one attached hydrogen (secondary N) is 1. The molecule has 1 amide bonds. The SMILES string of the molecule is COc1ccccc1NC(=O)c1sc2cc(Br)ccc2c1Cl. The van der Waals surface area contributed by atoms with Crippen LogP contribution in [0, 0.1) is 0 Å². The topological polar surface area (TPSA) is 38.3 Å². The number of rotatable bonds is 3. The van der Waals surface area contributed by atoms with Crippen molar-refractivity contribution in [1.29, 1.82) is 0 Å². The van der Waals surface area contributed by atoms with Crippen LogP contribution in [0.5, 0.6) is 5.75 Å². The summed E-state index contributed by atoms with van der Waals surface area (Å²) in [5, 5.41) is 4.19. The van der Waals surface area contributed by atoms with Crippen LogP contribution in [0.25, 0.3) is 10.1 Å². The molecule has 1 heterocycles. The van der Waals surface area contributed by atoms with Gasteiger partial charge in [-0.05, 0) is 24.3 Å². The van der Waals surface area contributed by atoms with E-state index in [2.05, 4.69) is 21.2 Å². The van der Waals surface area contributed by atoms with Gasteiger partial charge in [0.15, 0.2) is 0 Å². The Morgan fingerprint density at radius 1 is 1.27 bits per heavy atom. The first kappa shape index (κ1) is 15.3. The number of benzene rings is 2. The van der Waals surface area contributed by atoms with Crippen LogP contribution in [-0.2, 0) is 0 Å². The number of carbonyl (C=O) groups is 1. The third-order valence-corrected chi connectivity index (χ3v) is 5.30. The molecule has 0 fully saturated rings. The highest BCUT2D eigenvalue weighted by molar-refractivity contribution is 9.10. The summed E-state index contributed by atoms with van der Waals surface area (Å²) in [5.74, 6) is 0.364. The molecule has 3 aromatic rings. The maximum atomic E-state index is 12.5. The normalized spacial score (nSPS) is 10.7. The zero-order chi connectivity index (χ0) is 15.7. The molecule has 0 aliphatic heterocycles. The van der Waals surface area contributed by atoms with E-state index in [1.54, 1.807) is 19.2 Å². The second-order valence-electron chi connectivity index (χ2n) is 4.54. The van der Waals surface area contributed by atoms with Gasteiger partial charge >= 0.3 is 0 Å². The van der Waals surface area contributed by atoms with Gasteiger partial charge in [-0.1, -0.05) is 45.7 Å². The number of amides is 1. The molecule has 0 unspecified atom stereocenters. The van der Waals surface area contributed by atoms with E-state index in [4.69, 9.17) is 16.3 Å². The van der Waals surface area contributed by atoms with Crippen LogP contribution >= 0.6 is 38.9 Å². The van der Waals surface area contributed by atoms with Crippen molar-refractivity contribution in [3.63, 3.8) is 0 Å². The monoisotopic (exact) mass is 395 g/mol. The predicted molar refractivity (Wildman–Crippen MR) is 95.5 cm³/mol. The Balaban J connectivity index is 1.97. The molecule has 3 nitrogen and oxygen atoms in total. The Morgan fingerprint density at radius 2 is 2.05 bits per heavy atom. The van der Waals surface area contributed by atoms with Crippen LogP contribution in [0.15, 0.2) is 46.9 Å². The van der Waals surface area contributed by atoms with E-state index in [1.165, 1.54) is 11.3 Å². The predicted octanol–water partition coefficient (Wildman–Crippen LogP) is 5.58. The summed E-state index contributed by atoms with van der Waals surface area (Å²) in [6.45, 7) is 0. The lowest BCUT2D eigenvalue weighted by molar-refractivity contribution is 0.103. The number of hydrogen-bond acceptors (Lipinski definition) is 3. The molecule has 0 aliphatic rings. The summed E-state index contributed by atoms with van der Waals surface area (Å²) in [6, 6.07) is 13.0. The van der Waals surface area contributed by atoms with Crippen molar-refractivity contribution in [3.8, 4) is 5.75 Å². The second kappa shape index (κ2) is 6.28. The van der Waals surface area contributed by atoms with Gasteiger partial charge < -0.3 is 10.1 Å².